The first-order valence-corrected chi connectivity index (χ1v) is 10.1. The molecule has 0 unspecified atom stereocenters. The lowest BCUT2D eigenvalue weighted by Crippen LogP contribution is -2.13. The van der Waals surface area contributed by atoms with Gasteiger partial charge in [-0.05, 0) is 42.3 Å². The molecule has 2 heterocycles. The van der Waals surface area contributed by atoms with Crippen LogP contribution in [0.4, 0.5) is 5.82 Å². The summed E-state index contributed by atoms with van der Waals surface area (Å²) in [5.74, 6) is 1.31. The second-order valence-corrected chi connectivity index (χ2v) is 7.93. The Morgan fingerprint density at radius 1 is 1.04 bits per heavy atom. The minimum absolute atomic E-state index is 0.102. The van der Waals surface area contributed by atoms with Gasteiger partial charge in [0.1, 0.15) is 5.82 Å². The molecule has 0 aliphatic heterocycles. The van der Waals surface area contributed by atoms with Crippen molar-refractivity contribution in [3.63, 3.8) is 0 Å². The summed E-state index contributed by atoms with van der Waals surface area (Å²) in [6.07, 6.45) is 0. The van der Waals surface area contributed by atoms with E-state index < -0.39 is 10.0 Å². The maximum Gasteiger partial charge on any atom is 0.238 e. The number of aromatic nitrogens is 4. The van der Waals surface area contributed by atoms with Gasteiger partial charge in [0.2, 0.25) is 10.0 Å². The van der Waals surface area contributed by atoms with Crippen LogP contribution >= 0.6 is 0 Å². The first-order valence-electron chi connectivity index (χ1n) is 8.56. The van der Waals surface area contributed by atoms with Crippen molar-refractivity contribution in [3.05, 3.63) is 71.8 Å². The van der Waals surface area contributed by atoms with Gasteiger partial charge in [-0.25, -0.2) is 13.6 Å². The highest BCUT2D eigenvalue weighted by atomic mass is 32.2. The van der Waals surface area contributed by atoms with Crippen LogP contribution in [0, 0.1) is 6.92 Å². The van der Waals surface area contributed by atoms with E-state index in [4.69, 9.17) is 5.14 Å². The predicted octanol–water partition coefficient (Wildman–Crippen LogP) is 2.36. The van der Waals surface area contributed by atoms with Gasteiger partial charge in [-0.3, -0.25) is 0 Å². The van der Waals surface area contributed by atoms with E-state index in [9.17, 15) is 8.42 Å². The van der Waals surface area contributed by atoms with Gasteiger partial charge in [-0.15, -0.1) is 15.3 Å². The standard InChI is InChI=1S/C19H18N6O2S/c1-13-11-16(28(20,26)27)8-7-15(13)12-21-17-9-10-18-22-23-19(25(18)24-17)14-5-3-2-4-6-14/h2-11H,12H2,1H3,(H,21,24)(H2,20,26,27). The highest BCUT2D eigenvalue weighted by Gasteiger charge is 2.11. The summed E-state index contributed by atoms with van der Waals surface area (Å²) in [5, 5.41) is 21.4. The van der Waals surface area contributed by atoms with Crippen LogP contribution in [0.25, 0.3) is 17.0 Å². The molecule has 0 radical (unpaired) electrons. The van der Waals surface area contributed by atoms with Gasteiger partial charge in [0.15, 0.2) is 11.5 Å². The fourth-order valence-corrected chi connectivity index (χ4v) is 3.48. The lowest BCUT2D eigenvalue weighted by atomic mass is 10.1. The van der Waals surface area contributed by atoms with Crippen LogP contribution in [0.5, 0.6) is 0 Å². The zero-order chi connectivity index (χ0) is 19.7. The van der Waals surface area contributed by atoms with E-state index in [0.717, 1.165) is 16.7 Å². The van der Waals surface area contributed by atoms with Crippen molar-refractivity contribution in [1.82, 2.24) is 19.8 Å². The van der Waals surface area contributed by atoms with E-state index in [1.54, 1.807) is 16.6 Å². The summed E-state index contributed by atoms with van der Waals surface area (Å²) in [5.41, 5.74) is 3.35. The van der Waals surface area contributed by atoms with Gasteiger partial charge in [0, 0.05) is 12.1 Å². The molecule has 9 heteroatoms. The molecule has 2 aromatic heterocycles. The topological polar surface area (TPSA) is 115 Å². The van der Waals surface area contributed by atoms with Gasteiger partial charge < -0.3 is 5.32 Å². The molecule has 2 aromatic carbocycles. The number of anilines is 1. The van der Waals surface area contributed by atoms with Crippen LogP contribution in [0.3, 0.4) is 0 Å². The Hall–Kier alpha value is -3.30. The molecule has 142 valence electrons. The van der Waals surface area contributed by atoms with Crippen molar-refractivity contribution in [3.8, 4) is 11.4 Å². The smallest absolute Gasteiger partial charge is 0.238 e. The lowest BCUT2D eigenvalue weighted by molar-refractivity contribution is 0.597. The summed E-state index contributed by atoms with van der Waals surface area (Å²) in [6.45, 7) is 2.33. The van der Waals surface area contributed by atoms with Crippen LogP contribution < -0.4 is 10.5 Å². The van der Waals surface area contributed by atoms with Crippen LogP contribution in [0.2, 0.25) is 0 Å². The predicted molar refractivity (Wildman–Crippen MR) is 106 cm³/mol. The van der Waals surface area contributed by atoms with Crippen LogP contribution in [-0.2, 0) is 16.6 Å². The maximum atomic E-state index is 11.5. The molecule has 0 atom stereocenters. The average molecular weight is 394 g/mol. The van der Waals surface area contributed by atoms with Gasteiger partial charge in [-0.2, -0.15) is 4.52 Å². The molecular formula is C19H18N6O2S. The molecule has 3 N–H and O–H groups in total. The summed E-state index contributed by atoms with van der Waals surface area (Å²) in [4.78, 5) is 0.102. The van der Waals surface area contributed by atoms with Crippen molar-refractivity contribution < 1.29 is 8.42 Å². The van der Waals surface area contributed by atoms with Gasteiger partial charge in [-0.1, -0.05) is 36.4 Å². The van der Waals surface area contributed by atoms with E-state index in [2.05, 4.69) is 20.6 Å². The second-order valence-electron chi connectivity index (χ2n) is 6.37. The Bertz CT molecular complexity index is 1250. The molecule has 0 fully saturated rings. The van der Waals surface area contributed by atoms with Crippen LogP contribution in [0.1, 0.15) is 11.1 Å². The Morgan fingerprint density at radius 2 is 1.82 bits per heavy atom. The lowest BCUT2D eigenvalue weighted by Gasteiger charge is -2.10. The first kappa shape index (κ1) is 18.1. The second kappa shape index (κ2) is 7.02. The monoisotopic (exact) mass is 394 g/mol. The molecule has 8 nitrogen and oxygen atoms in total. The van der Waals surface area contributed by atoms with Crippen molar-refractivity contribution in [2.24, 2.45) is 5.14 Å². The van der Waals surface area contributed by atoms with E-state index in [-0.39, 0.29) is 4.90 Å². The number of nitrogens with one attached hydrogen (secondary N) is 1. The fraction of sp³-hybridized carbons (Fsp3) is 0.105. The number of primary sulfonamides is 1. The maximum absolute atomic E-state index is 11.5. The van der Waals surface area contributed by atoms with Gasteiger partial charge >= 0.3 is 0 Å². The third kappa shape index (κ3) is 3.57. The summed E-state index contributed by atoms with van der Waals surface area (Å²) < 4.78 is 24.6. The molecule has 0 aliphatic carbocycles. The number of sulfonamides is 1. The largest absolute Gasteiger partial charge is 0.365 e. The molecular weight excluding hydrogens is 376 g/mol. The molecule has 28 heavy (non-hydrogen) atoms. The van der Waals surface area contributed by atoms with Gasteiger partial charge in [0.05, 0.1) is 4.90 Å². The summed E-state index contributed by atoms with van der Waals surface area (Å²) >= 11 is 0. The molecule has 0 aliphatic rings. The molecule has 0 bridgehead atoms. The Balaban J connectivity index is 1.59. The average Bonchev–Trinajstić information content (AvgIpc) is 3.10. The number of fused-ring (bicyclic) bond motifs is 1. The Kier molecular flexibility index (Phi) is 4.54. The van der Waals surface area contributed by atoms with E-state index >= 15 is 0 Å². The molecule has 0 amide bonds. The van der Waals surface area contributed by atoms with E-state index in [0.29, 0.717) is 23.8 Å². The minimum atomic E-state index is -3.71. The van der Waals surface area contributed by atoms with Crippen LogP contribution in [-0.4, -0.2) is 28.2 Å². The Morgan fingerprint density at radius 3 is 2.54 bits per heavy atom. The zero-order valence-corrected chi connectivity index (χ0v) is 15.9. The third-order valence-electron chi connectivity index (χ3n) is 4.40. The van der Waals surface area contributed by atoms with Crippen molar-refractivity contribution in [2.45, 2.75) is 18.4 Å². The highest BCUT2D eigenvalue weighted by Crippen LogP contribution is 2.19. The molecule has 0 saturated carbocycles. The number of hydrogen-bond donors (Lipinski definition) is 2. The minimum Gasteiger partial charge on any atom is -0.365 e. The number of rotatable bonds is 5. The number of benzene rings is 2. The zero-order valence-electron chi connectivity index (χ0n) is 15.1. The van der Waals surface area contributed by atoms with E-state index in [1.165, 1.54) is 6.07 Å². The van der Waals surface area contributed by atoms with Crippen molar-refractivity contribution in [2.75, 3.05) is 5.32 Å². The van der Waals surface area contributed by atoms with E-state index in [1.807, 2.05) is 49.4 Å². The normalized spacial score (nSPS) is 11.6. The van der Waals surface area contributed by atoms with Gasteiger partial charge in [0.25, 0.3) is 0 Å². The SMILES string of the molecule is Cc1cc(S(N)(=O)=O)ccc1CNc1ccc2nnc(-c3ccccc3)n2n1. The number of nitrogens with zero attached hydrogens (tertiary/aromatic N) is 4. The fourth-order valence-electron chi connectivity index (χ4n) is 2.88. The molecule has 0 spiro atoms. The molecule has 4 aromatic rings. The molecule has 4 rings (SSSR count). The summed E-state index contributed by atoms with van der Waals surface area (Å²) in [7, 11) is -3.71. The van der Waals surface area contributed by atoms with Crippen molar-refractivity contribution >= 4 is 21.5 Å². The first-order chi connectivity index (χ1) is 13.4. The highest BCUT2D eigenvalue weighted by molar-refractivity contribution is 7.89. The number of aryl methyl sites for hydroxylation is 1. The Labute approximate surface area is 162 Å². The van der Waals surface area contributed by atoms with Crippen LogP contribution in [0.15, 0.2) is 65.6 Å². The quantitative estimate of drug-likeness (QED) is 0.537. The number of hydrogen-bond acceptors (Lipinski definition) is 6. The summed E-state index contributed by atoms with van der Waals surface area (Å²) in [6, 6.07) is 18.2. The third-order valence-corrected chi connectivity index (χ3v) is 5.31. The van der Waals surface area contributed by atoms with Crippen molar-refractivity contribution in [1.29, 1.82) is 0 Å². The number of nitrogens with two attached hydrogens (primary N) is 1. The molecule has 0 saturated heterocycles.